The summed E-state index contributed by atoms with van der Waals surface area (Å²) in [7, 11) is 0. The van der Waals surface area contributed by atoms with Crippen LogP contribution >= 0.6 is 11.8 Å². The number of nitrogens with zero attached hydrogens (tertiary/aromatic N) is 3. The van der Waals surface area contributed by atoms with Crippen LogP contribution in [0, 0.1) is 6.92 Å². The van der Waals surface area contributed by atoms with E-state index in [1.807, 2.05) is 12.1 Å². The number of aryl methyl sites for hydroxylation is 1. The van der Waals surface area contributed by atoms with Gasteiger partial charge in [0.2, 0.25) is 0 Å². The summed E-state index contributed by atoms with van der Waals surface area (Å²) >= 11 is 1.53. The Labute approximate surface area is 204 Å². The standard InChI is InChI=1S/C27H32N4O2S/c1-17(2)21-12-7-18(3)15-22(21)33-13-14-34-26-29-25(28-23-16-24(32)30-31(23)26)19-8-10-20(11-9-19)27(4,5)6/h7-12,15-17H,13-14H2,1-6H3,(H,30,32). The van der Waals surface area contributed by atoms with Gasteiger partial charge in [-0.25, -0.2) is 14.5 Å². The Balaban J connectivity index is 1.55. The maximum Gasteiger partial charge on any atom is 0.266 e. The normalized spacial score (nSPS) is 12.0. The van der Waals surface area contributed by atoms with Crippen LogP contribution in [0.1, 0.15) is 57.2 Å². The molecule has 0 atom stereocenters. The second-order valence-electron chi connectivity index (χ2n) is 9.86. The van der Waals surface area contributed by atoms with Gasteiger partial charge in [-0.05, 0) is 41.0 Å². The molecule has 0 aliphatic heterocycles. The molecule has 0 unspecified atom stereocenters. The average molecular weight is 477 g/mol. The molecule has 0 saturated heterocycles. The van der Waals surface area contributed by atoms with Crippen molar-refractivity contribution in [1.29, 1.82) is 0 Å². The van der Waals surface area contributed by atoms with Crippen LogP contribution in [-0.2, 0) is 5.41 Å². The first-order valence-electron chi connectivity index (χ1n) is 11.6. The molecule has 4 aromatic rings. The third kappa shape index (κ3) is 5.36. The maximum absolute atomic E-state index is 12.0. The summed E-state index contributed by atoms with van der Waals surface area (Å²) in [4.78, 5) is 21.4. The maximum atomic E-state index is 12.0. The highest BCUT2D eigenvalue weighted by Gasteiger charge is 2.16. The van der Waals surface area contributed by atoms with E-state index in [2.05, 4.69) is 82.0 Å². The lowest BCUT2D eigenvalue weighted by Crippen LogP contribution is -2.10. The van der Waals surface area contributed by atoms with E-state index in [9.17, 15) is 4.79 Å². The van der Waals surface area contributed by atoms with Gasteiger partial charge in [0, 0.05) is 17.4 Å². The van der Waals surface area contributed by atoms with Gasteiger partial charge in [-0.15, -0.1) is 0 Å². The van der Waals surface area contributed by atoms with Gasteiger partial charge in [-0.2, -0.15) is 0 Å². The lowest BCUT2D eigenvalue weighted by Gasteiger charge is -2.19. The van der Waals surface area contributed by atoms with Crippen LogP contribution in [0.2, 0.25) is 0 Å². The second-order valence-corrected chi connectivity index (χ2v) is 10.9. The van der Waals surface area contributed by atoms with Crippen molar-refractivity contribution in [2.75, 3.05) is 12.4 Å². The lowest BCUT2D eigenvalue weighted by atomic mass is 9.87. The number of benzene rings is 2. The van der Waals surface area contributed by atoms with Crippen LogP contribution < -0.4 is 10.3 Å². The Morgan fingerprint density at radius 2 is 1.79 bits per heavy atom. The number of aromatic nitrogens is 4. The summed E-state index contributed by atoms with van der Waals surface area (Å²) in [5, 5.41) is 3.48. The molecular formula is C27H32N4O2S. The summed E-state index contributed by atoms with van der Waals surface area (Å²) in [5.41, 5.74) is 4.98. The predicted molar refractivity (Wildman–Crippen MR) is 139 cm³/mol. The summed E-state index contributed by atoms with van der Waals surface area (Å²) in [6.45, 7) is 13.5. The van der Waals surface area contributed by atoms with Crippen LogP contribution in [0.3, 0.4) is 0 Å². The van der Waals surface area contributed by atoms with Gasteiger partial charge in [0.25, 0.3) is 5.56 Å². The molecule has 1 N–H and O–H groups in total. The number of ether oxygens (including phenoxy) is 1. The Morgan fingerprint density at radius 1 is 1.06 bits per heavy atom. The molecule has 178 valence electrons. The Bertz CT molecular complexity index is 1350. The number of rotatable bonds is 7. The zero-order valence-electron chi connectivity index (χ0n) is 20.7. The molecule has 0 aliphatic rings. The fourth-order valence-electron chi connectivity index (χ4n) is 3.76. The van der Waals surface area contributed by atoms with Crippen molar-refractivity contribution >= 4 is 17.4 Å². The van der Waals surface area contributed by atoms with Crippen molar-refractivity contribution in [3.63, 3.8) is 0 Å². The molecule has 0 saturated carbocycles. The van der Waals surface area contributed by atoms with Gasteiger partial charge in [-0.1, -0.05) is 82.8 Å². The summed E-state index contributed by atoms with van der Waals surface area (Å²) in [5.74, 6) is 2.60. The largest absolute Gasteiger partial charge is 0.492 e. The van der Waals surface area contributed by atoms with E-state index in [1.165, 1.54) is 34.5 Å². The van der Waals surface area contributed by atoms with Crippen molar-refractivity contribution in [3.05, 3.63) is 75.6 Å². The van der Waals surface area contributed by atoms with Gasteiger partial charge in [0.1, 0.15) is 5.75 Å². The Morgan fingerprint density at radius 3 is 2.47 bits per heavy atom. The molecule has 6 nitrogen and oxygen atoms in total. The smallest absolute Gasteiger partial charge is 0.266 e. The zero-order chi connectivity index (χ0) is 24.5. The third-order valence-corrected chi connectivity index (χ3v) is 6.60. The molecule has 4 rings (SSSR count). The molecule has 2 aromatic carbocycles. The van der Waals surface area contributed by atoms with Gasteiger partial charge < -0.3 is 4.74 Å². The van der Waals surface area contributed by atoms with Gasteiger partial charge in [-0.3, -0.25) is 9.89 Å². The quantitative estimate of drug-likeness (QED) is 0.262. The molecule has 7 heteroatoms. The minimum atomic E-state index is -0.200. The molecule has 2 aromatic heterocycles. The number of H-pyrrole nitrogens is 1. The molecule has 0 fully saturated rings. The summed E-state index contributed by atoms with van der Waals surface area (Å²) in [6.07, 6.45) is 0. The highest BCUT2D eigenvalue weighted by atomic mass is 32.2. The van der Waals surface area contributed by atoms with Crippen LogP contribution in [0.5, 0.6) is 5.75 Å². The molecule has 34 heavy (non-hydrogen) atoms. The summed E-state index contributed by atoms with van der Waals surface area (Å²) < 4.78 is 7.78. The first kappa shape index (κ1) is 24.1. The first-order chi connectivity index (χ1) is 16.1. The van der Waals surface area contributed by atoms with E-state index in [1.54, 1.807) is 4.52 Å². The monoisotopic (exact) mass is 476 g/mol. The second kappa shape index (κ2) is 9.66. The van der Waals surface area contributed by atoms with Crippen LogP contribution in [-0.4, -0.2) is 31.9 Å². The average Bonchev–Trinajstić information content (AvgIpc) is 3.16. The third-order valence-electron chi connectivity index (χ3n) is 5.70. The van der Waals surface area contributed by atoms with E-state index in [4.69, 9.17) is 9.72 Å². The number of fused-ring (bicyclic) bond motifs is 1. The SMILES string of the molecule is Cc1ccc(C(C)C)c(OCCSc2nc(-c3ccc(C(C)(C)C)cc3)nc3cc(=O)[nH]n23)c1. The number of nitrogens with one attached hydrogen (secondary N) is 1. The summed E-state index contributed by atoms with van der Waals surface area (Å²) in [6, 6.07) is 16.1. The van der Waals surface area contributed by atoms with Gasteiger partial charge >= 0.3 is 0 Å². The lowest BCUT2D eigenvalue weighted by molar-refractivity contribution is 0.338. The topological polar surface area (TPSA) is 72.3 Å². The predicted octanol–water partition coefficient (Wildman–Crippen LogP) is 5.99. The molecule has 0 radical (unpaired) electrons. The number of aromatic amines is 1. The molecule has 0 bridgehead atoms. The number of hydrogen-bond donors (Lipinski definition) is 1. The van der Waals surface area contributed by atoms with E-state index in [0.29, 0.717) is 34.9 Å². The highest BCUT2D eigenvalue weighted by Crippen LogP contribution is 2.29. The number of hydrogen-bond acceptors (Lipinski definition) is 5. The minimum Gasteiger partial charge on any atom is -0.492 e. The van der Waals surface area contributed by atoms with E-state index in [-0.39, 0.29) is 11.0 Å². The van der Waals surface area contributed by atoms with E-state index < -0.39 is 0 Å². The minimum absolute atomic E-state index is 0.0744. The molecule has 2 heterocycles. The van der Waals surface area contributed by atoms with Crippen molar-refractivity contribution in [1.82, 2.24) is 19.6 Å². The van der Waals surface area contributed by atoms with Crippen molar-refractivity contribution in [2.24, 2.45) is 0 Å². The van der Waals surface area contributed by atoms with Crippen LogP contribution in [0.15, 0.2) is 58.5 Å². The molecular weight excluding hydrogens is 444 g/mol. The Kier molecular flexibility index (Phi) is 6.84. The van der Waals surface area contributed by atoms with E-state index in [0.717, 1.165) is 11.3 Å². The molecule has 0 spiro atoms. The van der Waals surface area contributed by atoms with Crippen molar-refractivity contribution < 1.29 is 4.74 Å². The van der Waals surface area contributed by atoms with Gasteiger partial charge in [0.15, 0.2) is 16.6 Å². The number of thioether (sulfide) groups is 1. The first-order valence-corrected chi connectivity index (χ1v) is 12.6. The van der Waals surface area contributed by atoms with Crippen molar-refractivity contribution in [3.8, 4) is 17.1 Å². The molecule has 0 aliphatic carbocycles. The zero-order valence-corrected chi connectivity index (χ0v) is 21.5. The van der Waals surface area contributed by atoms with Crippen molar-refractivity contribution in [2.45, 2.75) is 58.0 Å². The highest BCUT2D eigenvalue weighted by molar-refractivity contribution is 7.99. The molecule has 0 amide bonds. The van der Waals surface area contributed by atoms with E-state index >= 15 is 0 Å². The fraction of sp³-hybridized carbons (Fsp3) is 0.370. The Hall–Kier alpha value is -3.06. The van der Waals surface area contributed by atoms with Crippen LogP contribution in [0.25, 0.3) is 17.0 Å². The fourth-order valence-corrected chi connectivity index (χ4v) is 4.53. The van der Waals surface area contributed by atoms with Gasteiger partial charge in [0.05, 0.1) is 6.61 Å². The van der Waals surface area contributed by atoms with Crippen LogP contribution in [0.4, 0.5) is 0 Å².